The first-order chi connectivity index (χ1) is 14.3. The largest absolute Gasteiger partial charge is 0.508 e. The van der Waals surface area contributed by atoms with E-state index in [1.54, 1.807) is 24.3 Å². The highest BCUT2D eigenvalue weighted by Crippen LogP contribution is 2.24. The zero-order valence-corrected chi connectivity index (χ0v) is 16.9. The molecule has 2 unspecified atom stereocenters. The molecule has 0 heterocycles. The first-order valence-corrected chi connectivity index (χ1v) is 9.63. The Bertz CT molecular complexity index is 794. The Morgan fingerprint density at radius 3 is 1.37 bits per heavy atom. The van der Waals surface area contributed by atoms with E-state index in [1.807, 2.05) is 13.8 Å². The lowest BCUT2D eigenvalue weighted by Crippen LogP contribution is -2.17. The summed E-state index contributed by atoms with van der Waals surface area (Å²) in [6.45, 7) is 4.06. The van der Waals surface area contributed by atoms with Crippen LogP contribution in [0.4, 0.5) is 16.2 Å². The molecule has 2 atom stereocenters. The van der Waals surface area contributed by atoms with Crippen LogP contribution in [0.1, 0.15) is 49.7 Å². The Labute approximate surface area is 173 Å². The quantitative estimate of drug-likeness (QED) is 0.291. The van der Waals surface area contributed by atoms with Gasteiger partial charge in [0.05, 0.1) is 9.85 Å². The monoisotopic (exact) mass is 416 g/mol. The molecule has 30 heavy (non-hydrogen) atoms. The third kappa shape index (κ3) is 6.26. The van der Waals surface area contributed by atoms with Gasteiger partial charge in [-0.1, -0.05) is 38.1 Å². The number of non-ortho nitro benzene ring substituents is 2. The predicted octanol–water partition coefficient (Wildman–Crippen LogP) is 5.34. The topological polar surface area (TPSA) is 122 Å². The number of hydrogen-bond donors (Lipinski definition) is 0. The summed E-state index contributed by atoms with van der Waals surface area (Å²) in [5, 5.41) is 21.5. The van der Waals surface area contributed by atoms with E-state index in [0.29, 0.717) is 12.8 Å². The summed E-state index contributed by atoms with van der Waals surface area (Å²) in [6.07, 6.45) is 0.576. The molecule has 9 nitrogen and oxygen atoms in total. The van der Waals surface area contributed by atoms with Crippen molar-refractivity contribution >= 4 is 17.5 Å². The zero-order valence-electron chi connectivity index (χ0n) is 16.9. The molecule has 2 rings (SSSR count). The predicted molar refractivity (Wildman–Crippen MR) is 110 cm³/mol. The maximum absolute atomic E-state index is 12.0. The maximum Gasteiger partial charge on any atom is 0.508 e. The Morgan fingerprint density at radius 2 is 1.10 bits per heavy atom. The van der Waals surface area contributed by atoms with E-state index < -0.39 is 16.0 Å². The summed E-state index contributed by atoms with van der Waals surface area (Å²) in [6, 6.07) is 12.3. The first-order valence-electron chi connectivity index (χ1n) is 9.63. The van der Waals surface area contributed by atoms with E-state index >= 15 is 0 Å². The summed E-state index contributed by atoms with van der Waals surface area (Å²) >= 11 is 0. The summed E-state index contributed by atoms with van der Waals surface area (Å²) in [7, 11) is 0. The molecule has 160 valence electrons. The van der Waals surface area contributed by atoms with Gasteiger partial charge in [-0.05, 0) is 24.0 Å². The summed E-state index contributed by atoms with van der Waals surface area (Å²) in [5.74, 6) is -0.204. The van der Waals surface area contributed by atoms with Crippen molar-refractivity contribution in [1.82, 2.24) is 0 Å². The van der Waals surface area contributed by atoms with Gasteiger partial charge in [0.15, 0.2) is 0 Å². The van der Waals surface area contributed by atoms with Gasteiger partial charge in [0.2, 0.25) is 0 Å². The molecular formula is C21H24N2O7. The van der Waals surface area contributed by atoms with E-state index in [9.17, 15) is 25.0 Å². The molecule has 0 aliphatic carbocycles. The maximum atomic E-state index is 12.0. The highest BCUT2D eigenvalue weighted by Gasteiger charge is 2.17. The number of hydrogen-bond acceptors (Lipinski definition) is 7. The van der Waals surface area contributed by atoms with Crippen molar-refractivity contribution in [2.75, 3.05) is 13.2 Å². The van der Waals surface area contributed by atoms with E-state index in [1.165, 1.54) is 24.3 Å². The molecule has 0 aliphatic heterocycles. The average Bonchev–Trinajstić information content (AvgIpc) is 2.75. The highest BCUT2D eigenvalue weighted by molar-refractivity contribution is 5.60. The summed E-state index contributed by atoms with van der Waals surface area (Å²) in [5.41, 5.74) is 1.69. The molecule has 0 fully saturated rings. The van der Waals surface area contributed by atoms with Crippen molar-refractivity contribution in [3.63, 3.8) is 0 Å². The van der Waals surface area contributed by atoms with Gasteiger partial charge < -0.3 is 9.47 Å². The number of carbonyl (C=O) groups excluding carboxylic acids is 1. The van der Waals surface area contributed by atoms with Gasteiger partial charge in [-0.3, -0.25) is 20.2 Å². The third-order valence-electron chi connectivity index (χ3n) is 4.94. The van der Waals surface area contributed by atoms with Crippen molar-refractivity contribution in [3.05, 3.63) is 79.9 Å². The zero-order chi connectivity index (χ0) is 22.1. The average molecular weight is 416 g/mol. The second-order valence-corrected chi connectivity index (χ2v) is 6.78. The van der Waals surface area contributed by atoms with Gasteiger partial charge in [0, 0.05) is 36.1 Å². The molecule has 0 aromatic heterocycles. The minimum atomic E-state index is -0.796. The molecule has 0 aliphatic rings. The molecule has 2 aromatic rings. The van der Waals surface area contributed by atoms with Crippen molar-refractivity contribution < 1.29 is 24.1 Å². The minimum absolute atomic E-state index is 0.00535. The van der Waals surface area contributed by atoms with Gasteiger partial charge in [-0.15, -0.1) is 0 Å². The number of ether oxygens (including phenoxy) is 2. The number of nitro benzene ring substituents is 2. The van der Waals surface area contributed by atoms with Crippen molar-refractivity contribution in [2.45, 2.75) is 38.5 Å². The lowest BCUT2D eigenvalue weighted by Gasteiger charge is -2.17. The number of rotatable bonds is 10. The number of nitrogens with zero attached hydrogens (tertiary/aromatic N) is 2. The second kappa shape index (κ2) is 10.9. The van der Waals surface area contributed by atoms with Gasteiger partial charge in [0.1, 0.15) is 13.2 Å². The van der Waals surface area contributed by atoms with Crippen LogP contribution < -0.4 is 0 Å². The molecule has 0 amide bonds. The molecule has 0 bridgehead atoms. The number of benzene rings is 2. The third-order valence-corrected chi connectivity index (χ3v) is 4.94. The molecule has 0 radical (unpaired) electrons. The van der Waals surface area contributed by atoms with E-state index in [0.717, 1.165) is 11.1 Å². The van der Waals surface area contributed by atoms with Crippen LogP contribution in [-0.4, -0.2) is 29.2 Å². The Kier molecular flexibility index (Phi) is 8.28. The van der Waals surface area contributed by atoms with Crippen LogP contribution in [0.3, 0.4) is 0 Å². The molecule has 0 N–H and O–H groups in total. The molecule has 0 saturated heterocycles. The molecule has 9 heteroatoms. The Balaban J connectivity index is 1.87. The lowest BCUT2D eigenvalue weighted by molar-refractivity contribution is -0.385. The first kappa shape index (κ1) is 22.8. The lowest BCUT2D eigenvalue weighted by atomic mass is 9.97. The van der Waals surface area contributed by atoms with Gasteiger partial charge in [-0.2, -0.15) is 0 Å². The van der Waals surface area contributed by atoms with Crippen LogP contribution in [0.15, 0.2) is 48.5 Å². The SMILES string of the molecule is CCC(COC(=O)OCC(CC)c1ccc([N+](=O)[O-])cc1)c1ccc([N+](=O)[O-])cc1. The summed E-state index contributed by atoms with van der Waals surface area (Å²) < 4.78 is 10.4. The van der Waals surface area contributed by atoms with Crippen LogP contribution in [0.5, 0.6) is 0 Å². The molecular weight excluding hydrogens is 392 g/mol. The van der Waals surface area contributed by atoms with Crippen LogP contribution in [0, 0.1) is 20.2 Å². The normalized spacial score (nSPS) is 12.6. The van der Waals surface area contributed by atoms with Crippen molar-refractivity contribution in [3.8, 4) is 0 Å². The smallest absolute Gasteiger partial charge is 0.434 e. The van der Waals surface area contributed by atoms with Gasteiger partial charge in [0.25, 0.3) is 11.4 Å². The van der Waals surface area contributed by atoms with Gasteiger partial charge in [-0.25, -0.2) is 4.79 Å². The van der Waals surface area contributed by atoms with E-state index in [2.05, 4.69) is 0 Å². The van der Waals surface area contributed by atoms with Crippen molar-refractivity contribution in [1.29, 1.82) is 0 Å². The van der Waals surface area contributed by atoms with Crippen LogP contribution in [0.25, 0.3) is 0 Å². The molecule has 0 saturated carbocycles. The Hall–Kier alpha value is -3.49. The van der Waals surface area contributed by atoms with Gasteiger partial charge >= 0.3 is 6.16 Å². The van der Waals surface area contributed by atoms with Crippen molar-refractivity contribution in [2.24, 2.45) is 0 Å². The summed E-state index contributed by atoms with van der Waals surface area (Å²) in [4.78, 5) is 32.6. The van der Waals surface area contributed by atoms with Crippen LogP contribution >= 0.6 is 0 Å². The number of carbonyl (C=O) groups is 1. The number of nitro groups is 2. The molecule has 2 aromatic carbocycles. The fourth-order valence-corrected chi connectivity index (χ4v) is 3.01. The molecule has 0 spiro atoms. The van der Waals surface area contributed by atoms with Crippen LogP contribution in [0.2, 0.25) is 0 Å². The van der Waals surface area contributed by atoms with E-state index in [4.69, 9.17) is 9.47 Å². The van der Waals surface area contributed by atoms with E-state index in [-0.39, 0.29) is 36.4 Å². The fourth-order valence-electron chi connectivity index (χ4n) is 3.01. The second-order valence-electron chi connectivity index (χ2n) is 6.78. The van der Waals surface area contributed by atoms with Crippen LogP contribution in [-0.2, 0) is 9.47 Å². The Morgan fingerprint density at radius 1 is 0.767 bits per heavy atom. The highest BCUT2D eigenvalue weighted by atomic mass is 16.7. The minimum Gasteiger partial charge on any atom is -0.434 e. The fraction of sp³-hybridized carbons (Fsp3) is 0.381. The standard InChI is InChI=1S/C21H24N2O7/c1-3-15(17-5-9-19(10-6-17)22(25)26)13-29-21(24)30-14-16(4-2)18-7-11-20(12-8-18)23(27)28/h5-12,15-16H,3-4,13-14H2,1-2H3.